The van der Waals surface area contributed by atoms with Crippen LogP contribution in [0.25, 0.3) is 0 Å². The van der Waals surface area contributed by atoms with E-state index in [4.69, 9.17) is 12.2 Å². The number of hydrogen-bond acceptors (Lipinski definition) is 3. The van der Waals surface area contributed by atoms with Crippen molar-refractivity contribution in [2.75, 3.05) is 17.3 Å². The summed E-state index contributed by atoms with van der Waals surface area (Å²) in [6, 6.07) is 6.68. The van der Waals surface area contributed by atoms with Gasteiger partial charge >= 0.3 is 0 Å². The van der Waals surface area contributed by atoms with Crippen LogP contribution in [0, 0.1) is 12.3 Å². The Morgan fingerprint density at radius 2 is 2.41 bits per heavy atom. The minimum Gasteiger partial charge on any atom is -0.325 e. The Hall–Kier alpha value is -1.44. The second-order valence-electron chi connectivity index (χ2n) is 3.60. The van der Waals surface area contributed by atoms with Gasteiger partial charge in [0.2, 0.25) is 5.91 Å². The number of thioether (sulfide) groups is 1. The summed E-state index contributed by atoms with van der Waals surface area (Å²) in [6.07, 6.45) is 7.94. The lowest BCUT2D eigenvalue weighted by Gasteiger charge is -2.11. The molecule has 0 saturated heterocycles. The maximum absolute atomic E-state index is 11.7. The molecule has 0 aliphatic heterocycles. The topological polar surface area (TPSA) is 55.1 Å². The van der Waals surface area contributed by atoms with Crippen LogP contribution >= 0.6 is 11.8 Å². The molecule has 1 aromatic carbocycles. The molecule has 4 heteroatoms. The molecule has 0 aliphatic carbocycles. The molecular formula is C13H16N2OS. The van der Waals surface area contributed by atoms with Gasteiger partial charge in [-0.3, -0.25) is 4.79 Å². The quantitative estimate of drug-likeness (QED) is 0.780. The third-order valence-corrected chi connectivity index (χ3v) is 2.91. The first-order valence-corrected chi connectivity index (χ1v) is 6.69. The van der Waals surface area contributed by atoms with Crippen molar-refractivity contribution >= 4 is 23.4 Å². The van der Waals surface area contributed by atoms with E-state index in [-0.39, 0.29) is 5.91 Å². The molecule has 0 unspecified atom stereocenters. The predicted molar refractivity (Wildman–Crippen MR) is 74.0 cm³/mol. The van der Waals surface area contributed by atoms with Crippen molar-refractivity contribution in [3.05, 3.63) is 29.8 Å². The van der Waals surface area contributed by atoms with Crippen LogP contribution in [0.5, 0.6) is 0 Å². The number of benzene rings is 1. The Bertz CT molecular complexity index is 426. The Morgan fingerprint density at radius 3 is 3.06 bits per heavy atom. The second-order valence-corrected chi connectivity index (χ2v) is 4.59. The lowest BCUT2D eigenvalue weighted by atomic mass is 10.2. The normalized spacial score (nSPS) is 11.6. The molecular weight excluding hydrogens is 232 g/mol. The van der Waals surface area contributed by atoms with Crippen molar-refractivity contribution in [1.82, 2.24) is 0 Å². The zero-order valence-electron chi connectivity index (χ0n) is 9.77. The van der Waals surface area contributed by atoms with Crippen LogP contribution in [0.15, 0.2) is 24.3 Å². The fourth-order valence-electron chi connectivity index (χ4n) is 1.30. The van der Waals surface area contributed by atoms with Gasteiger partial charge in [-0.25, -0.2) is 0 Å². The van der Waals surface area contributed by atoms with E-state index in [9.17, 15) is 4.79 Å². The highest BCUT2D eigenvalue weighted by atomic mass is 32.2. The van der Waals surface area contributed by atoms with Gasteiger partial charge in [-0.1, -0.05) is 12.0 Å². The number of carbonyl (C=O) groups excluding carboxylic acids is 1. The van der Waals surface area contributed by atoms with E-state index in [0.717, 1.165) is 11.3 Å². The summed E-state index contributed by atoms with van der Waals surface area (Å²) in [5, 5.41) is 2.76. The summed E-state index contributed by atoms with van der Waals surface area (Å²) in [7, 11) is 0. The SMILES string of the molecule is C#Cc1cccc(NC(=O)[C@H](N)CCSC)c1. The van der Waals surface area contributed by atoms with Gasteiger partial charge < -0.3 is 11.1 Å². The molecule has 1 amide bonds. The van der Waals surface area contributed by atoms with Crippen molar-refractivity contribution in [1.29, 1.82) is 0 Å². The third-order valence-electron chi connectivity index (χ3n) is 2.27. The molecule has 1 atom stereocenters. The molecule has 0 saturated carbocycles. The first-order valence-electron chi connectivity index (χ1n) is 5.29. The van der Waals surface area contributed by atoms with Gasteiger partial charge in [0.15, 0.2) is 0 Å². The van der Waals surface area contributed by atoms with E-state index >= 15 is 0 Å². The van der Waals surface area contributed by atoms with Gasteiger partial charge in [-0.2, -0.15) is 11.8 Å². The van der Waals surface area contributed by atoms with Gasteiger partial charge in [0.25, 0.3) is 0 Å². The van der Waals surface area contributed by atoms with Crippen molar-refractivity contribution in [2.45, 2.75) is 12.5 Å². The fourth-order valence-corrected chi connectivity index (χ4v) is 1.79. The van der Waals surface area contributed by atoms with Crippen LogP contribution < -0.4 is 11.1 Å². The van der Waals surface area contributed by atoms with Gasteiger partial charge in [-0.05, 0) is 36.6 Å². The molecule has 0 fully saturated rings. The van der Waals surface area contributed by atoms with Gasteiger partial charge in [0, 0.05) is 11.3 Å². The van der Waals surface area contributed by atoms with Crippen molar-refractivity contribution < 1.29 is 4.79 Å². The van der Waals surface area contributed by atoms with E-state index in [1.165, 1.54) is 0 Å². The van der Waals surface area contributed by atoms with Crippen LogP contribution in [0.2, 0.25) is 0 Å². The van der Waals surface area contributed by atoms with Crippen molar-refractivity contribution in [2.24, 2.45) is 5.73 Å². The van der Waals surface area contributed by atoms with Crippen LogP contribution in [-0.2, 0) is 4.79 Å². The average Bonchev–Trinajstić information content (AvgIpc) is 2.36. The number of rotatable bonds is 5. The van der Waals surface area contributed by atoms with E-state index in [1.54, 1.807) is 30.0 Å². The number of hydrogen-bond donors (Lipinski definition) is 2. The monoisotopic (exact) mass is 248 g/mol. The van der Waals surface area contributed by atoms with E-state index in [2.05, 4.69) is 11.2 Å². The van der Waals surface area contributed by atoms with Crippen LogP contribution in [-0.4, -0.2) is 24.0 Å². The summed E-state index contributed by atoms with van der Waals surface area (Å²) < 4.78 is 0. The minimum absolute atomic E-state index is 0.173. The summed E-state index contributed by atoms with van der Waals surface area (Å²) in [5.41, 5.74) is 7.18. The lowest BCUT2D eigenvalue weighted by molar-refractivity contribution is -0.117. The number of terminal acetylenes is 1. The zero-order valence-corrected chi connectivity index (χ0v) is 10.6. The van der Waals surface area contributed by atoms with Crippen molar-refractivity contribution in [3.8, 4) is 12.3 Å². The molecule has 17 heavy (non-hydrogen) atoms. The molecule has 0 spiro atoms. The first kappa shape index (κ1) is 13.6. The molecule has 0 heterocycles. The van der Waals surface area contributed by atoms with Gasteiger partial charge in [0.1, 0.15) is 0 Å². The standard InChI is InChI=1S/C13H16N2OS/c1-3-10-5-4-6-11(9-10)15-13(16)12(14)7-8-17-2/h1,4-6,9,12H,7-8,14H2,2H3,(H,15,16)/t12-/m1/s1. The van der Waals surface area contributed by atoms with E-state index in [0.29, 0.717) is 12.1 Å². The average molecular weight is 248 g/mol. The molecule has 0 bridgehead atoms. The summed E-state index contributed by atoms with van der Waals surface area (Å²) in [6.45, 7) is 0. The first-order chi connectivity index (χ1) is 8.17. The summed E-state index contributed by atoms with van der Waals surface area (Å²) >= 11 is 1.67. The molecule has 0 radical (unpaired) electrons. The molecule has 3 nitrogen and oxygen atoms in total. The molecule has 0 aliphatic rings. The number of amides is 1. The number of nitrogens with two attached hydrogens (primary N) is 1. The lowest BCUT2D eigenvalue weighted by Crippen LogP contribution is -2.36. The number of nitrogens with one attached hydrogen (secondary N) is 1. The molecule has 1 rings (SSSR count). The highest BCUT2D eigenvalue weighted by molar-refractivity contribution is 7.98. The summed E-state index contributed by atoms with van der Waals surface area (Å²) in [4.78, 5) is 11.7. The Labute approximate surface area is 106 Å². The third kappa shape index (κ3) is 4.51. The molecule has 90 valence electrons. The molecule has 1 aromatic rings. The number of carbonyl (C=O) groups is 1. The summed E-state index contributed by atoms with van der Waals surface area (Å²) in [5.74, 6) is 3.22. The largest absolute Gasteiger partial charge is 0.325 e. The van der Waals surface area contributed by atoms with Crippen LogP contribution in [0.3, 0.4) is 0 Å². The maximum atomic E-state index is 11.7. The fraction of sp³-hybridized carbons (Fsp3) is 0.308. The molecule has 3 N–H and O–H groups in total. The maximum Gasteiger partial charge on any atom is 0.241 e. The zero-order chi connectivity index (χ0) is 12.7. The predicted octanol–water partition coefficient (Wildman–Crippen LogP) is 1.69. The van der Waals surface area contributed by atoms with E-state index < -0.39 is 6.04 Å². The minimum atomic E-state index is -0.475. The van der Waals surface area contributed by atoms with Gasteiger partial charge in [-0.15, -0.1) is 6.42 Å². The second kappa shape index (κ2) is 7.00. The van der Waals surface area contributed by atoms with Crippen LogP contribution in [0.1, 0.15) is 12.0 Å². The highest BCUT2D eigenvalue weighted by Crippen LogP contribution is 2.10. The van der Waals surface area contributed by atoms with Gasteiger partial charge in [0.05, 0.1) is 6.04 Å². The highest BCUT2D eigenvalue weighted by Gasteiger charge is 2.12. The number of anilines is 1. The van der Waals surface area contributed by atoms with Crippen molar-refractivity contribution in [3.63, 3.8) is 0 Å². The van der Waals surface area contributed by atoms with E-state index in [1.807, 2.05) is 12.3 Å². The Kier molecular flexibility index (Phi) is 5.61. The molecule has 0 aromatic heterocycles. The van der Waals surface area contributed by atoms with Crippen LogP contribution in [0.4, 0.5) is 5.69 Å². The Morgan fingerprint density at radius 1 is 1.65 bits per heavy atom. The Balaban J connectivity index is 2.58. The smallest absolute Gasteiger partial charge is 0.241 e.